The lowest BCUT2D eigenvalue weighted by Gasteiger charge is -2.29. The van der Waals surface area contributed by atoms with Crippen LogP contribution in [0.3, 0.4) is 0 Å². The minimum atomic E-state index is 0.173. The van der Waals surface area contributed by atoms with Crippen molar-refractivity contribution in [3.8, 4) is 11.8 Å². The molecule has 84 valence electrons. The Labute approximate surface area is 91.0 Å². The first-order chi connectivity index (χ1) is 7.24. The number of oxime groups is 1. The standard InChI is InChI=1S/C11H18N2O2/c1-4-5-9(2)13-15-8-11-10(3)14-7-6-12-11/h10-12H,6-8H2,1-3H3/b13-9-/t10-,11-/m1/s1. The normalized spacial score (nSPS) is 26.7. The third kappa shape index (κ3) is 4.32. The van der Waals surface area contributed by atoms with Gasteiger partial charge in [-0.1, -0.05) is 11.1 Å². The lowest BCUT2D eigenvalue weighted by molar-refractivity contribution is -0.0218. The maximum absolute atomic E-state index is 5.48. The second-order valence-corrected chi connectivity index (χ2v) is 3.48. The molecule has 0 aromatic carbocycles. The van der Waals surface area contributed by atoms with E-state index in [0.29, 0.717) is 12.3 Å². The second-order valence-electron chi connectivity index (χ2n) is 3.48. The molecule has 0 amide bonds. The summed E-state index contributed by atoms with van der Waals surface area (Å²) >= 11 is 0. The number of nitrogens with one attached hydrogen (secondary N) is 1. The van der Waals surface area contributed by atoms with E-state index in [4.69, 9.17) is 9.57 Å². The van der Waals surface area contributed by atoms with Gasteiger partial charge in [0.05, 0.1) is 18.8 Å². The van der Waals surface area contributed by atoms with Crippen molar-refractivity contribution in [3.63, 3.8) is 0 Å². The monoisotopic (exact) mass is 210 g/mol. The van der Waals surface area contributed by atoms with Gasteiger partial charge in [-0.05, 0) is 26.7 Å². The molecule has 1 saturated heterocycles. The zero-order chi connectivity index (χ0) is 11.1. The van der Waals surface area contributed by atoms with E-state index in [-0.39, 0.29) is 12.1 Å². The molecule has 15 heavy (non-hydrogen) atoms. The van der Waals surface area contributed by atoms with Crippen molar-refractivity contribution in [2.75, 3.05) is 19.8 Å². The van der Waals surface area contributed by atoms with Crippen LogP contribution >= 0.6 is 0 Å². The zero-order valence-corrected chi connectivity index (χ0v) is 9.54. The highest BCUT2D eigenvalue weighted by molar-refractivity contribution is 5.97. The summed E-state index contributed by atoms with van der Waals surface area (Å²) in [5, 5.41) is 7.21. The van der Waals surface area contributed by atoms with E-state index in [1.165, 1.54) is 0 Å². The Morgan fingerprint density at radius 2 is 2.47 bits per heavy atom. The van der Waals surface area contributed by atoms with Gasteiger partial charge in [0.1, 0.15) is 12.3 Å². The summed E-state index contributed by atoms with van der Waals surface area (Å²) < 4.78 is 5.48. The third-order valence-corrected chi connectivity index (χ3v) is 2.22. The molecule has 4 heteroatoms. The van der Waals surface area contributed by atoms with Crippen LogP contribution in [-0.4, -0.2) is 37.6 Å². The molecule has 0 aromatic rings. The fourth-order valence-corrected chi connectivity index (χ4v) is 1.38. The average Bonchev–Trinajstić information content (AvgIpc) is 2.21. The summed E-state index contributed by atoms with van der Waals surface area (Å²) in [6.45, 7) is 7.78. The van der Waals surface area contributed by atoms with Crippen molar-refractivity contribution in [1.82, 2.24) is 5.32 Å². The Balaban J connectivity index is 2.28. The Kier molecular flexibility index (Phi) is 5.16. The quantitative estimate of drug-likeness (QED) is 0.425. The molecule has 0 unspecified atom stereocenters. The van der Waals surface area contributed by atoms with Gasteiger partial charge >= 0.3 is 0 Å². The summed E-state index contributed by atoms with van der Waals surface area (Å²) in [6.07, 6.45) is 0.173. The number of rotatable bonds is 3. The molecule has 0 saturated carbocycles. The van der Waals surface area contributed by atoms with Crippen LogP contribution in [0.15, 0.2) is 5.16 Å². The predicted octanol–water partition coefficient (Wildman–Crippen LogP) is 0.779. The maximum atomic E-state index is 5.48. The Morgan fingerprint density at radius 3 is 3.13 bits per heavy atom. The number of morpholine rings is 1. The number of hydrogen-bond donors (Lipinski definition) is 1. The molecule has 1 heterocycles. The van der Waals surface area contributed by atoms with Gasteiger partial charge in [-0.3, -0.25) is 0 Å². The van der Waals surface area contributed by atoms with Gasteiger partial charge in [-0.15, -0.1) is 0 Å². The van der Waals surface area contributed by atoms with E-state index in [1.54, 1.807) is 6.92 Å². The summed E-state index contributed by atoms with van der Waals surface area (Å²) in [6, 6.07) is 0.213. The first kappa shape index (κ1) is 12.0. The molecule has 1 aliphatic rings. The van der Waals surface area contributed by atoms with Crippen molar-refractivity contribution in [2.24, 2.45) is 5.16 Å². The molecule has 1 aliphatic heterocycles. The lowest BCUT2D eigenvalue weighted by atomic mass is 10.2. The Bertz CT molecular complexity index is 278. The molecule has 0 radical (unpaired) electrons. The minimum Gasteiger partial charge on any atom is -0.393 e. The second kappa shape index (κ2) is 6.44. The lowest BCUT2D eigenvalue weighted by Crippen LogP contribution is -2.49. The molecular weight excluding hydrogens is 192 g/mol. The molecule has 1 N–H and O–H groups in total. The molecule has 2 atom stereocenters. The Hall–Kier alpha value is -1.05. The molecule has 1 fully saturated rings. The maximum Gasteiger partial charge on any atom is 0.135 e. The smallest absolute Gasteiger partial charge is 0.135 e. The number of hydrogen-bond acceptors (Lipinski definition) is 4. The van der Waals surface area contributed by atoms with Crippen molar-refractivity contribution < 1.29 is 9.57 Å². The molecule has 4 nitrogen and oxygen atoms in total. The van der Waals surface area contributed by atoms with E-state index in [1.807, 2.05) is 13.8 Å². The van der Waals surface area contributed by atoms with Crippen LogP contribution in [0.5, 0.6) is 0 Å². The van der Waals surface area contributed by atoms with Crippen molar-refractivity contribution >= 4 is 5.71 Å². The molecule has 0 aliphatic carbocycles. The highest BCUT2D eigenvalue weighted by Crippen LogP contribution is 2.04. The van der Waals surface area contributed by atoms with Gasteiger partial charge in [-0.2, -0.15) is 0 Å². The van der Waals surface area contributed by atoms with Crippen LogP contribution in [0.2, 0.25) is 0 Å². The van der Waals surface area contributed by atoms with Crippen LogP contribution in [0.25, 0.3) is 0 Å². The van der Waals surface area contributed by atoms with Crippen molar-refractivity contribution in [1.29, 1.82) is 0 Å². The van der Waals surface area contributed by atoms with Crippen LogP contribution in [0.4, 0.5) is 0 Å². The third-order valence-electron chi connectivity index (χ3n) is 2.22. The largest absolute Gasteiger partial charge is 0.393 e. The summed E-state index contributed by atoms with van der Waals surface area (Å²) in [7, 11) is 0. The molecular formula is C11H18N2O2. The minimum absolute atomic E-state index is 0.173. The van der Waals surface area contributed by atoms with E-state index in [2.05, 4.69) is 22.3 Å². The highest BCUT2D eigenvalue weighted by atomic mass is 16.6. The fraction of sp³-hybridized carbons (Fsp3) is 0.727. The highest BCUT2D eigenvalue weighted by Gasteiger charge is 2.21. The molecule has 0 spiro atoms. The Morgan fingerprint density at radius 1 is 1.67 bits per heavy atom. The van der Waals surface area contributed by atoms with Crippen molar-refractivity contribution in [2.45, 2.75) is 32.9 Å². The van der Waals surface area contributed by atoms with Crippen LogP contribution in [0.1, 0.15) is 20.8 Å². The first-order valence-electron chi connectivity index (χ1n) is 5.18. The van der Waals surface area contributed by atoms with Gasteiger partial charge in [0, 0.05) is 6.54 Å². The van der Waals surface area contributed by atoms with Gasteiger partial charge in [0.25, 0.3) is 0 Å². The van der Waals surface area contributed by atoms with Gasteiger partial charge < -0.3 is 14.9 Å². The fourth-order valence-electron chi connectivity index (χ4n) is 1.38. The topological polar surface area (TPSA) is 42.8 Å². The summed E-state index contributed by atoms with van der Waals surface area (Å²) in [5.41, 5.74) is 0.696. The zero-order valence-electron chi connectivity index (χ0n) is 9.54. The van der Waals surface area contributed by atoms with Crippen molar-refractivity contribution in [3.05, 3.63) is 0 Å². The molecule has 0 bridgehead atoms. The summed E-state index contributed by atoms with van der Waals surface area (Å²) in [5.74, 6) is 5.58. The van der Waals surface area contributed by atoms with Gasteiger partial charge in [0.15, 0.2) is 0 Å². The van der Waals surface area contributed by atoms with Crippen LogP contribution in [0, 0.1) is 11.8 Å². The van der Waals surface area contributed by atoms with Gasteiger partial charge in [-0.25, -0.2) is 0 Å². The molecule has 1 rings (SSSR count). The van der Waals surface area contributed by atoms with Crippen LogP contribution < -0.4 is 5.32 Å². The van der Waals surface area contributed by atoms with E-state index < -0.39 is 0 Å². The number of ether oxygens (including phenoxy) is 1. The average molecular weight is 210 g/mol. The number of nitrogens with zero attached hydrogens (tertiary/aromatic N) is 1. The van der Waals surface area contributed by atoms with E-state index >= 15 is 0 Å². The SMILES string of the molecule is CC#C/C(C)=N\OC[C@H]1NCCO[C@@H]1C. The first-order valence-corrected chi connectivity index (χ1v) is 5.18. The van der Waals surface area contributed by atoms with E-state index in [9.17, 15) is 0 Å². The van der Waals surface area contributed by atoms with E-state index in [0.717, 1.165) is 13.2 Å². The predicted molar refractivity (Wildman–Crippen MR) is 59.7 cm³/mol. The molecule has 0 aromatic heterocycles. The summed E-state index contributed by atoms with van der Waals surface area (Å²) in [4.78, 5) is 5.20. The van der Waals surface area contributed by atoms with Crippen LogP contribution in [-0.2, 0) is 9.57 Å². The van der Waals surface area contributed by atoms with Gasteiger partial charge in [0.2, 0.25) is 0 Å².